The van der Waals surface area contributed by atoms with Gasteiger partial charge in [-0.15, -0.1) is 0 Å². The molecule has 0 atom stereocenters. The van der Waals surface area contributed by atoms with Gasteiger partial charge in [-0.2, -0.15) is 4.98 Å². The molecule has 0 N–H and O–H groups in total. The Kier molecular flexibility index (Phi) is 6.63. The van der Waals surface area contributed by atoms with Gasteiger partial charge in [0.1, 0.15) is 5.82 Å². The number of hydrogen-bond acceptors (Lipinski definition) is 5. The number of fused-ring (bicyclic) bond motifs is 1. The van der Waals surface area contributed by atoms with E-state index >= 15 is 0 Å². The highest BCUT2D eigenvalue weighted by Crippen LogP contribution is 2.30. The zero-order chi connectivity index (χ0) is 25.6. The number of halogens is 2. The predicted molar refractivity (Wildman–Crippen MR) is 136 cm³/mol. The van der Waals surface area contributed by atoms with Gasteiger partial charge in [0.15, 0.2) is 11.2 Å². The van der Waals surface area contributed by atoms with Crippen molar-refractivity contribution in [3.05, 3.63) is 55.4 Å². The monoisotopic (exact) mass is 516 g/mol. The van der Waals surface area contributed by atoms with Gasteiger partial charge in [-0.1, -0.05) is 17.7 Å². The fourth-order valence-electron chi connectivity index (χ4n) is 5.35. The number of amides is 1. The molecule has 0 bridgehead atoms. The van der Waals surface area contributed by atoms with E-state index in [0.717, 1.165) is 43.3 Å². The molecule has 5 rings (SSSR count). The van der Waals surface area contributed by atoms with Crippen LogP contribution in [0, 0.1) is 11.7 Å². The molecule has 2 aromatic heterocycles. The summed E-state index contributed by atoms with van der Waals surface area (Å²) in [5.41, 5.74) is -0.254. The van der Waals surface area contributed by atoms with Crippen LogP contribution in [0.15, 0.2) is 27.8 Å². The Morgan fingerprint density at radius 1 is 1.08 bits per heavy atom. The van der Waals surface area contributed by atoms with Crippen LogP contribution in [0.5, 0.6) is 0 Å². The quantitative estimate of drug-likeness (QED) is 0.520. The van der Waals surface area contributed by atoms with Crippen molar-refractivity contribution < 1.29 is 9.18 Å². The van der Waals surface area contributed by atoms with E-state index in [1.165, 1.54) is 23.7 Å². The Labute approximate surface area is 212 Å². The van der Waals surface area contributed by atoms with E-state index < -0.39 is 17.1 Å². The molecule has 192 valence electrons. The van der Waals surface area contributed by atoms with E-state index in [1.54, 1.807) is 17.7 Å². The average molecular weight is 517 g/mol. The van der Waals surface area contributed by atoms with Crippen molar-refractivity contribution in [1.82, 2.24) is 23.6 Å². The molecule has 36 heavy (non-hydrogen) atoms. The van der Waals surface area contributed by atoms with E-state index in [-0.39, 0.29) is 40.1 Å². The smallest absolute Gasteiger partial charge is 0.332 e. The molecular formula is C25H30ClFN6O3. The van der Waals surface area contributed by atoms with Gasteiger partial charge in [0.25, 0.3) is 5.56 Å². The number of aryl methyl sites for hydroxylation is 1. The molecule has 2 aliphatic heterocycles. The van der Waals surface area contributed by atoms with E-state index in [2.05, 4.69) is 4.90 Å². The fourth-order valence-corrected chi connectivity index (χ4v) is 5.57. The number of likely N-dealkylation sites (tertiary alicyclic amines) is 1. The van der Waals surface area contributed by atoms with E-state index in [1.807, 2.05) is 4.90 Å². The normalized spacial score (nSPS) is 16.9. The second kappa shape index (κ2) is 9.72. The van der Waals surface area contributed by atoms with Crippen LogP contribution in [-0.4, -0.2) is 55.7 Å². The van der Waals surface area contributed by atoms with Crippen molar-refractivity contribution >= 4 is 34.6 Å². The number of anilines is 1. The second-order valence-corrected chi connectivity index (χ2v) is 10.2. The van der Waals surface area contributed by atoms with Crippen molar-refractivity contribution in [2.75, 3.05) is 31.1 Å². The summed E-state index contributed by atoms with van der Waals surface area (Å²) < 4.78 is 18.8. The summed E-state index contributed by atoms with van der Waals surface area (Å²) in [5, 5.41) is 0.253. The van der Waals surface area contributed by atoms with Crippen LogP contribution in [0.4, 0.5) is 10.3 Å². The lowest BCUT2D eigenvalue weighted by molar-refractivity contribution is -0.131. The molecule has 1 amide bonds. The predicted octanol–water partition coefficient (Wildman–Crippen LogP) is 2.50. The number of nitrogens with zero attached hydrogens (tertiary/aromatic N) is 6. The van der Waals surface area contributed by atoms with Gasteiger partial charge in [-0.05, 0) is 43.7 Å². The molecule has 1 aromatic carbocycles. The SMILES string of the molecule is Cn1c(=O)c2c(nc(N3CCC(CC(=O)N4CCCC4)CC3)n2Cc2c(F)cccc2Cl)n(C)c1=O. The minimum Gasteiger partial charge on any atom is -0.343 e. The number of benzene rings is 1. The molecular weight excluding hydrogens is 487 g/mol. The molecule has 2 fully saturated rings. The molecule has 0 saturated carbocycles. The summed E-state index contributed by atoms with van der Waals surface area (Å²) in [5.74, 6) is 0.527. The summed E-state index contributed by atoms with van der Waals surface area (Å²) >= 11 is 6.32. The first-order chi connectivity index (χ1) is 17.3. The average Bonchev–Trinajstić information content (AvgIpc) is 3.53. The van der Waals surface area contributed by atoms with Crippen molar-refractivity contribution in [1.29, 1.82) is 0 Å². The molecule has 0 aliphatic carbocycles. The lowest BCUT2D eigenvalue weighted by Gasteiger charge is -2.33. The zero-order valence-corrected chi connectivity index (χ0v) is 21.3. The summed E-state index contributed by atoms with van der Waals surface area (Å²) in [6, 6.07) is 4.47. The van der Waals surface area contributed by atoms with E-state index in [4.69, 9.17) is 16.6 Å². The van der Waals surface area contributed by atoms with Crippen molar-refractivity contribution in [2.24, 2.45) is 20.0 Å². The highest BCUT2D eigenvalue weighted by molar-refractivity contribution is 6.31. The number of hydrogen-bond donors (Lipinski definition) is 0. The van der Waals surface area contributed by atoms with Crippen LogP contribution in [0.25, 0.3) is 11.2 Å². The topological polar surface area (TPSA) is 85.4 Å². The Morgan fingerprint density at radius 2 is 1.78 bits per heavy atom. The first-order valence-corrected chi connectivity index (χ1v) is 12.8. The maximum Gasteiger partial charge on any atom is 0.332 e. The van der Waals surface area contributed by atoms with Crippen LogP contribution in [0.3, 0.4) is 0 Å². The summed E-state index contributed by atoms with van der Waals surface area (Å²) in [6.07, 6.45) is 4.31. The van der Waals surface area contributed by atoms with Crippen LogP contribution < -0.4 is 16.1 Å². The lowest BCUT2D eigenvalue weighted by Crippen LogP contribution is -2.38. The number of rotatable bonds is 5. The number of piperidine rings is 1. The first kappa shape index (κ1) is 24.5. The summed E-state index contributed by atoms with van der Waals surface area (Å²) in [7, 11) is 2.98. The lowest BCUT2D eigenvalue weighted by atomic mass is 9.93. The van der Waals surface area contributed by atoms with Gasteiger partial charge in [-0.25, -0.2) is 9.18 Å². The molecule has 0 unspecified atom stereocenters. The highest BCUT2D eigenvalue weighted by Gasteiger charge is 2.29. The zero-order valence-electron chi connectivity index (χ0n) is 20.5. The molecule has 0 radical (unpaired) electrons. The third-order valence-corrected chi connectivity index (χ3v) is 7.88. The van der Waals surface area contributed by atoms with E-state index in [9.17, 15) is 18.8 Å². The number of carbonyl (C=O) groups excluding carboxylic acids is 1. The first-order valence-electron chi connectivity index (χ1n) is 12.4. The van der Waals surface area contributed by atoms with Gasteiger partial charge in [0.2, 0.25) is 11.9 Å². The Hall–Kier alpha value is -3.14. The highest BCUT2D eigenvalue weighted by atomic mass is 35.5. The van der Waals surface area contributed by atoms with Crippen LogP contribution >= 0.6 is 11.6 Å². The van der Waals surface area contributed by atoms with Gasteiger partial charge in [0, 0.05) is 57.3 Å². The van der Waals surface area contributed by atoms with Crippen LogP contribution in [0.2, 0.25) is 5.02 Å². The second-order valence-electron chi connectivity index (χ2n) is 9.80. The molecule has 2 aliphatic rings. The minimum atomic E-state index is -0.495. The molecule has 3 aromatic rings. The third-order valence-electron chi connectivity index (χ3n) is 7.53. The maximum atomic E-state index is 14.7. The Balaban J connectivity index is 1.49. The van der Waals surface area contributed by atoms with Gasteiger partial charge in [0.05, 0.1) is 6.54 Å². The molecule has 0 spiro atoms. The maximum absolute atomic E-state index is 14.7. The van der Waals surface area contributed by atoms with Gasteiger partial charge in [-0.3, -0.25) is 23.3 Å². The number of carbonyl (C=O) groups is 1. The number of aromatic nitrogens is 4. The Bertz CT molecular complexity index is 1410. The van der Waals surface area contributed by atoms with Crippen molar-refractivity contribution in [2.45, 2.75) is 38.6 Å². The number of imidazole rings is 1. The van der Waals surface area contributed by atoms with Gasteiger partial charge < -0.3 is 9.80 Å². The third kappa shape index (κ3) is 4.31. The fraction of sp³-hybridized carbons (Fsp3) is 0.520. The van der Waals surface area contributed by atoms with Crippen LogP contribution in [-0.2, 0) is 25.4 Å². The van der Waals surface area contributed by atoms with Gasteiger partial charge >= 0.3 is 5.69 Å². The Morgan fingerprint density at radius 3 is 2.44 bits per heavy atom. The molecule has 11 heteroatoms. The molecule has 4 heterocycles. The molecule has 2 saturated heterocycles. The molecule has 9 nitrogen and oxygen atoms in total. The van der Waals surface area contributed by atoms with E-state index in [0.29, 0.717) is 25.5 Å². The largest absolute Gasteiger partial charge is 0.343 e. The minimum absolute atomic E-state index is 0.00183. The standard InChI is InChI=1S/C25H30ClFN6O3/c1-29-22-21(23(35)30(2)25(29)36)33(15-17-18(26)6-5-7-19(17)27)24(28-22)32-12-8-16(9-13-32)14-20(34)31-10-3-4-11-31/h5-7,16H,3-4,8-15H2,1-2H3. The van der Waals surface area contributed by atoms with Crippen molar-refractivity contribution in [3.8, 4) is 0 Å². The van der Waals surface area contributed by atoms with Crippen LogP contribution in [0.1, 0.15) is 37.7 Å². The van der Waals surface area contributed by atoms with Crippen molar-refractivity contribution in [3.63, 3.8) is 0 Å². The summed E-state index contributed by atoms with van der Waals surface area (Å²) in [6.45, 7) is 2.99. The summed E-state index contributed by atoms with van der Waals surface area (Å²) in [4.78, 5) is 47.1.